The number of anilines is 1. The van der Waals surface area contributed by atoms with Crippen LogP contribution in [-0.4, -0.2) is 19.0 Å². The van der Waals surface area contributed by atoms with Gasteiger partial charge >= 0.3 is 5.97 Å². The van der Waals surface area contributed by atoms with E-state index in [1.54, 1.807) is 7.11 Å². The number of para-hydroxylation sites is 2. The third-order valence-electron chi connectivity index (χ3n) is 3.11. The number of esters is 1. The molecule has 1 heterocycles. The van der Waals surface area contributed by atoms with Crippen LogP contribution in [0.4, 0.5) is 5.69 Å². The quantitative estimate of drug-likeness (QED) is 0.695. The number of carbonyl (C=O) groups excluding carboxylic acids is 1. The molecule has 0 bridgehead atoms. The van der Waals surface area contributed by atoms with E-state index in [1.165, 1.54) is 6.20 Å². The lowest BCUT2D eigenvalue weighted by atomic mass is 10.2. The molecule has 0 unspecified atom stereocenters. The van der Waals surface area contributed by atoms with E-state index in [4.69, 9.17) is 9.47 Å². The minimum Gasteiger partial charge on any atom is -0.495 e. The summed E-state index contributed by atoms with van der Waals surface area (Å²) in [6.45, 7) is 0. The summed E-state index contributed by atoms with van der Waals surface area (Å²) in [5.41, 5.74) is 1.72. The monoisotopic (exact) mass is 294 g/mol. The lowest BCUT2D eigenvalue weighted by molar-refractivity contribution is -0.130. The topological polar surface area (TPSA) is 59.9 Å². The number of cyclic esters (lactones) is 1. The molecule has 0 amide bonds. The van der Waals surface area contributed by atoms with Crippen LogP contribution in [0.2, 0.25) is 0 Å². The fourth-order valence-corrected chi connectivity index (χ4v) is 2.02. The molecule has 0 aliphatic carbocycles. The van der Waals surface area contributed by atoms with Gasteiger partial charge in [0.15, 0.2) is 5.70 Å². The number of nitrogens with zero attached hydrogens (tertiary/aromatic N) is 1. The van der Waals surface area contributed by atoms with Crippen LogP contribution in [0.1, 0.15) is 5.56 Å². The molecule has 1 aliphatic heterocycles. The van der Waals surface area contributed by atoms with Gasteiger partial charge in [-0.1, -0.05) is 30.3 Å². The minimum atomic E-state index is -0.485. The largest absolute Gasteiger partial charge is 0.495 e. The maximum absolute atomic E-state index is 11.9. The molecule has 0 spiro atoms. The fraction of sp³-hybridized carbons (Fsp3) is 0.0588. The molecule has 0 saturated heterocycles. The molecule has 3 rings (SSSR count). The molecular weight excluding hydrogens is 280 g/mol. The van der Waals surface area contributed by atoms with Gasteiger partial charge in [-0.3, -0.25) is 0 Å². The standard InChI is InChI=1S/C17H14N2O3/c1-21-15-10-6-5-9-13(15)18-11-14-17(20)22-16(19-14)12-7-3-2-4-8-12/h2-11,18H,1H3. The zero-order chi connectivity index (χ0) is 15.4. The molecule has 2 aromatic rings. The van der Waals surface area contributed by atoms with E-state index < -0.39 is 5.97 Å². The zero-order valence-corrected chi connectivity index (χ0v) is 11.9. The van der Waals surface area contributed by atoms with Crippen molar-refractivity contribution >= 4 is 17.6 Å². The van der Waals surface area contributed by atoms with Crippen molar-refractivity contribution in [3.63, 3.8) is 0 Å². The summed E-state index contributed by atoms with van der Waals surface area (Å²) in [6, 6.07) is 16.7. The number of nitrogens with one attached hydrogen (secondary N) is 1. The average Bonchev–Trinajstić information content (AvgIpc) is 2.95. The number of hydrogen-bond acceptors (Lipinski definition) is 5. The van der Waals surface area contributed by atoms with Crippen molar-refractivity contribution in [2.24, 2.45) is 4.99 Å². The predicted molar refractivity (Wildman–Crippen MR) is 83.8 cm³/mol. The van der Waals surface area contributed by atoms with E-state index in [1.807, 2.05) is 54.6 Å². The predicted octanol–water partition coefficient (Wildman–Crippen LogP) is 2.95. The third-order valence-corrected chi connectivity index (χ3v) is 3.11. The van der Waals surface area contributed by atoms with Gasteiger partial charge in [0.25, 0.3) is 0 Å². The highest BCUT2D eigenvalue weighted by Gasteiger charge is 2.23. The Morgan fingerprint density at radius 3 is 2.59 bits per heavy atom. The first-order chi connectivity index (χ1) is 10.8. The highest BCUT2D eigenvalue weighted by atomic mass is 16.6. The van der Waals surface area contributed by atoms with Gasteiger partial charge in [-0.25, -0.2) is 9.79 Å². The van der Waals surface area contributed by atoms with E-state index in [2.05, 4.69) is 10.3 Å². The van der Waals surface area contributed by atoms with E-state index >= 15 is 0 Å². The fourth-order valence-electron chi connectivity index (χ4n) is 2.02. The van der Waals surface area contributed by atoms with Gasteiger partial charge in [-0.05, 0) is 24.3 Å². The lowest BCUT2D eigenvalue weighted by Gasteiger charge is -2.06. The molecule has 5 heteroatoms. The van der Waals surface area contributed by atoms with Crippen molar-refractivity contribution in [2.45, 2.75) is 0 Å². The number of carbonyl (C=O) groups is 1. The van der Waals surface area contributed by atoms with Gasteiger partial charge < -0.3 is 14.8 Å². The number of methoxy groups -OCH3 is 1. The summed E-state index contributed by atoms with van der Waals surface area (Å²) >= 11 is 0. The van der Waals surface area contributed by atoms with Crippen molar-refractivity contribution in [2.75, 3.05) is 12.4 Å². The second kappa shape index (κ2) is 6.13. The Morgan fingerprint density at radius 1 is 1.09 bits per heavy atom. The van der Waals surface area contributed by atoms with Crippen molar-refractivity contribution in [3.8, 4) is 5.75 Å². The van der Waals surface area contributed by atoms with Crippen LogP contribution in [0.15, 0.2) is 71.5 Å². The van der Waals surface area contributed by atoms with Gasteiger partial charge in [-0.2, -0.15) is 0 Å². The van der Waals surface area contributed by atoms with Crippen molar-refractivity contribution in [1.29, 1.82) is 0 Å². The van der Waals surface area contributed by atoms with Crippen molar-refractivity contribution in [1.82, 2.24) is 0 Å². The van der Waals surface area contributed by atoms with Crippen LogP contribution >= 0.6 is 0 Å². The van der Waals surface area contributed by atoms with Crippen molar-refractivity contribution < 1.29 is 14.3 Å². The third kappa shape index (κ3) is 2.83. The van der Waals surface area contributed by atoms with Crippen LogP contribution < -0.4 is 10.1 Å². The number of ether oxygens (including phenoxy) is 2. The summed E-state index contributed by atoms with van der Waals surface area (Å²) in [7, 11) is 1.59. The number of hydrogen-bond donors (Lipinski definition) is 1. The Kier molecular flexibility index (Phi) is 3.87. The van der Waals surface area contributed by atoms with Crippen LogP contribution in [0.25, 0.3) is 0 Å². The molecule has 110 valence electrons. The maximum atomic E-state index is 11.9. The van der Waals surface area contributed by atoms with Crippen LogP contribution in [-0.2, 0) is 9.53 Å². The van der Waals surface area contributed by atoms with Crippen LogP contribution in [0.3, 0.4) is 0 Å². The van der Waals surface area contributed by atoms with Crippen LogP contribution in [0, 0.1) is 0 Å². The first-order valence-electron chi connectivity index (χ1n) is 6.74. The first kappa shape index (κ1) is 13.9. The second-order valence-corrected chi connectivity index (χ2v) is 4.55. The molecule has 0 saturated carbocycles. The molecule has 0 radical (unpaired) electrons. The van der Waals surface area contributed by atoms with Crippen molar-refractivity contribution in [3.05, 3.63) is 72.1 Å². The Labute approximate surface area is 127 Å². The molecule has 0 fully saturated rings. The van der Waals surface area contributed by atoms with E-state index in [0.29, 0.717) is 11.6 Å². The molecule has 2 aromatic carbocycles. The molecule has 1 aliphatic rings. The van der Waals surface area contributed by atoms with Crippen LogP contribution in [0.5, 0.6) is 5.75 Å². The molecule has 22 heavy (non-hydrogen) atoms. The van der Waals surface area contributed by atoms with Gasteiger partial charge in [0, 0.05) is 11.8 Å². The van der Waals surface area contributed by atoms with Gasteiger partial charge in [0.2, 0.25) is 5.90 Å². The summed E-state index contributed by atoms with van der Waals surface area (Å²) < 4.78 is 10.4. The van der Waals surface area contributed by atoms with E-state index in [-0.39, 0.29) is 5.70 Å². The Bertz CT molecular complexity index is 752. The number of benzene rings is 2. The molecule has 5 nitrogen and oxygen atoms in total. The van der Waals surface area contributed by atoms with Gasteiger partial charge in [-0.15, -0.1) is 0 Å². The maximum Gasteiger partial charge on any atom is 0.365 e. The highest BCUT2D eigenvalue weighted by molar-refractivity contribution is 6.11. The molecule has 0 atom stereocenters. The SMILES string of the molecule is COc1ccccc1NC=C1N=C(c2ccccc2)OC1=O. The molecule has 1 N–H and O–H groups in total. The summed E-state index contributed by atoms with van der Waals surface area (Å²) in [4.78, 5) is 16.1. The van der Waals surface area contributed by atoms with E-state index in [0.717, 1.165) is 11.3 Å². The average molecular weight is 294 g/mol. The second-order valence-electron chi connectivity index (χ2n) is 4.55. The Hall–Kier alpha value is -3.08. The smallest absolute Gasteiger partial charge is 0.365 e. The minimum absolute atomic E-state index is 0.213. The summed E-state index contributed by atoms with van der Waals surface area (Å²) in [5, 5.41) is 3.01. The Balaban J connectivity index is 1.82. The van der Waals surface area contributed by atoms with E-state index in [9.17, 15) is 4.79 Å². The molecular formula is C17H14N2O3. The van der Waals surface area contributed by atoms with Gasteiger partial charge in [0.1, 0.15) is 5.75 Å². The summed E-state index contributed by atoms with van der Waals surface area (Å²) in [5.74, 6) is 0.498. The Morgan fingerprint density at radius 2 is 1.82 bits per heavy atom. The number of rotatable bonds is 4. The zero-order valence-electron chi connectivity index (χ0n) is 11.9. The lowest BCUT2D eigenvalue weighted by Crippen LogP contribution is -2.05. The van der Waals surface area contributed by atoms with Gasteiger partial charge in [0.05, 0.1) is 12.8 Å². The normalized spacial score (nSPS) is 15.4. The number of aliphatic imine (C=N–C) groups is 1. The highest BCUT2D eigenvalue weighted by Crippen LogP contribution is 2.24. The summed E-state index contributed by atoms with van der Waals surface area (Å²) in [6.07, 6.45) is 1.51. The molecule has 0 aromatic heterocycles. The first-order valence-corrected chi connectivity index (χ1v) is 6.74.